The van der Waals surface area contributed by atoms with Crippen LogP contribution in [0.5, 0.6) is 11.5 Å². The fourth-order valence-corrected chi connectivity index (χ4v) is 0.962. The van der Waals surface area contributed by atoms with Gasteiger partial charge in [-0.1, -0.05) is 19.9 Å². The third kappa shape index (κ3) is 8.75. The molecule has 0 saturated heterocycles. The van der Waals surface area contributed by atoms with E-state index in [2.05, 4.69) is 24.4 Å². The van der Waals surface area contributed by atoms with E-state index in [-0.39, 0.29) is 11.5 Å². The van der Waals surface area contributed by atoms with Crippen LogP contribution in [0.3, 0.4) is 0 Å². The van der Waals surface area contributed by atoms with Crippen molar-refractivity contribution in [1.29, 1.82) is 0 Å². The summed E-state index contributed by atoms with van der Waals surface area (Å²) in [5.74, 6) is 0.237. The molecule has 0 aliphatic carbocycles. The SMILES string of the molecule is CC(C)COc1[c-]ccc(OC(F)(F)F)c1.[Zn+][Br]. The van der Waals surface area contributed by atoms with E-state index in [9.17, 15) is 13.2 Å². The van der Waals surface area contributed by atoms with Gasteiger partial charge < -0.3 is 9.47 Å². The zero-order valence-electron chi connectivity index (χ0n) is 10.1. The van der Waals surface area contributed by atoms with Gasteiger partial charge >= 0.3 is 36.3 Å². The molecule has 98 valence electrons. The minimum absolute atomic E-state index is 0.246. The zero-order chi connectivity index (χ0) is 14.2. The zero-order valence-corrected chi connectivity index (χ0v) is 14.6. The Labute approximate surface area is 121 Å². The molecule has 0 fully saturated rings. The van der Waals surface area contributed by atoms with Crippen molar-refractivity contribution in [2.75, 3.05) is 6.61 Å². The molecule has 0 bridgehead atoms. The molecule has 0 aliphatic rings. The molecule has 0 radical (unpaired) electrons. The molecule has 0 atom stereocenters. The summed E-state index contributed by atoms with van der Waals surface area (Å²) in [5.41, 5.74) is 0. The maximum absolute atomic E-state index is 11.9. The van der Waals surface area contributed by atoms with E-state index in [1.807, 2.05) is 13.8 Å². The van der Waals surface area contributed by atoms with Crippen LogP contribution in [0, 0.1) is 12.0 Å². The normalized spacial score (nSPS) is 10.7. The summed E-state index contributed by atoms with van der Waals surface area (Å²) in [4.78, 5) is 0. The first-order valence-corrected chi connectivity index (χ1v) is 12.0. The maximum atomic E-state index is 11.9. The molecule has 18 heavy (non-hydrogen) atoms. The summed E-state index contributed by atoms with van der Waals surface area (Å²) in [6.45, 7) is 4.30. The van der Waals surface area contributed by atoms with Crippen molar-refractivity contribution in [2.45, 2.75) is 20.2 Å². The van der Waals surface area contributed by atoms with Gasteiger partial charge in [0.25, 0.3) is 0 Å². The second kappa shape index (κ2) is 8.75. The van der Waals surface area contributed by atoms with E-state index in [1.54, 1.807) is 0 Å². The van der Waals surface area contributed by atoms with Crippen LogP contribution >= 0.6 is 13.6 Å². The Kier molecular flexibility index (Phi) is 8.61. The fraction of sp³-hybridized carbons (Fsp3) is 0.455. The fourth-order valence-electron chi connectivity index (χ4n) is 0.962. The Balaban J connectivity index is 0.00000137. The van der Waals surface area contributed by atoms with Crippen LogP contribution in [0.4, 0.5) is 13.2 Å². The van der Waals surface area contributed by atoms with Crippen molar-refractivity contribution in [3.05, 3.63) is 24.3 Å². The van der Waals surface area contributed by atoms with Crippen molar-refractivity contribution in [3.63, 3.8) is 0 Å². The van der Waals surface area contributed by atoms with Crippen LogP contribution in [0.25, 0.3) is 0 Å². The molecule has 0 aromatic heterocycles. The number of benzene rings is 1. The quantitative estimate of drug-likeness (QED) is 0.576. The van der Waals surface area contributed by atoms with E-state index < -0.39 is 6.36 Å². The van der Waals surface area contributed by atoms with Gasteiger partial charge in [0, 0.05) is 11.5 Å². The molecule has 0 spiro atoms. The number of hydrogen-bond donors (Lipinski definition) is 0. The van der Waals surface area contributed by atoms with E-state index in [0.29, 0.717) is 12.5 Å². The van der Waals surface area contributed by atoms with Gasteiger partial charge in [-0.3, -0.25) is 0 Å². The van der Waals surface area contributed by atoms with Gasteiger partial charge in [-0.2, -0.15) is 6.07 Å². The van der Waals surface area contributed by atoms with Gasteiger partial charge in [0.1, 0.15) is 0 Å². The average Bonchev–Trinajstić information content (AvgIpc) is 2.27. The molecule has 1 rings (SSSR count). The number of ether oxygens (including phenoxy) is 2. The van der Waals surface area contributed by atoms with Crippen LogP contribution in [0.1, 0.15) is 13.8 Å². The molecule has 0 N–H and O–H groups in total. The van der Waals surface area contributed by atoms with E-state index >= 15 is 0 Å². The van der Waals surface area contributed by atoms with Crippen molar-refractivity contribution in [1.82, 2.24) is 0 Å². The summed E-state index contributed by atoms with van der Waals surface area (Å²) in [5, 5.41) is 0. The average molecular weight is 379 g/mol. The molecular formula is C11H12BrF3O2Zn. The number of rotatable bonds is 4. The van der Waals surface area contributed by atoms with E-state index in [4.69, 9.17) is 4.74 Å². The molecule has 1 aromatic rings. The molecule has 0 heterocycles. The first kappa shape index (κ1) is 17.7. The molecule has 0 unspecified atom stereocenters. The number of hydrogen-bond acceptors (Lipinski definition) is 2. The van der Waals surface area contributed by atoms with E-state index in [1.165, 1.54) is 28.5 Å². The van der Waals surface area contributed by atoms with Crippen LogP contribution in [-0.2, 0) is 16.3 Å². The van der Waals surface area contributed by atoms with Gasteiger partial charge in [0.05, 0.1) is 6.61 Å². The van der Waals surface area contributed by atoms with Crippen LogP contribution in [0.15, 0.2) is 18.2 Å². The predicted molar refractivity (Wildman–Crippen MR) is 61.2 cm³/mol. The second-order valence-electron chi connectivity index (χ2n) is 3.64. The van der Waals surface area contributed by atoms with Gasteiger partial charge in [0.2, 0.25) is 0 Å². The minimum atomic E-state index is -4.68. The third-order valence-electron chi connectivity index (χ3n) is 1.55. The molecular weight excluding hydrogens is 366 g/mol. The Morgan fingerprint density at radius 2 is 2.00 bits per heavy atom. The Hall–Kier alpha value is -0.287. The summed E-state index contributed by atoms with van der Waals surface area (Å²) in [6, 6.07) is 6.35. The molecule has 0 amide bonds. The number of alkyl halides is 3. The van der Waals surface area contributed by atoms with E-state index in [0.717, 1.165) is 6.07 Å². The van der Waals surface area contributed by atoms with Gasteiger partial charge in [-0.05, 0) is 5.92 Å². The Bertz CT molecular complexity index is 345. The van der Waals surface area contributed by atoms with Gasteiger partial charge in [-0.25, -0.2) is 0 Å². The van der Waals surface area contributed by atoms with Crippen LogP contribution < -0.4 is 9.47 Å². The van der Waals surface area contributed by atoms with Crippen molar-refractivity contribution in [3.8, 4) is 11.5 Å². The van der Waals surface area contributed by atoms with Gasteiger partial charge in [-0.15, -0.1) is 25.3 Å². The summed E-state index contributed by atoms with van der Waals surface area (Å²) >= 11 is 4.25. The second-order valence-corrected chi connectivity index (χ2v) is 3.64. The molecule has 7 heteroatoms. The van der Waals surface area contributed by atoms with Crippen molar-refractivity contribution in [2.24, 2.45) is 5.92 Å². The van der Waals surface area contributed by atoms with Crippen molar-refractivity contribution >= 4 is 13.6 Å². The summed E-state index contributed by atoms with van der Waals surface area (Å²) in [6.07, 6.45) is -4.68. The molecule has 2 nitrogen and oxygen atoms in total. The summed E-state index contributed by atoms with van der Waals surface area (Å²) < 4.78 is 44.7. The molecule has 1 aromatic carbocycles. The van der Waals surface area contributed by atoms with Crippen molar-refractivity contribution < 1.29 is 39.0 Å². The van der Waals surface area contributed by atoms with Gasteiger partial charge in [0.15, 0.2) is 0 Å². The topological polar surface area (TPSA) is 18.5 Å². The first-order chi connectivity index (χ1) is 8.37. The molecule has 0 aliphatic heterocycles. The van der Waals surface area contributed by atoms with Crippen LogP contribution in [0.2, 0.25) is 0 Å². The monoisotopic (exact) mass is 376 g/mol. The Morgan fingerprint density at radius 1 is 1.39 bits per heavy atom. The predicted octanol–water partition coefficient (Wildman–Crippen LogP) is 4.26. The third-order valence-corrected chi connectivity index (χ3v) is 1.55. The Morgan fingerprint density at radius 3 is 2.50 bits per heavy atom. The summed E-state index contributed by atoms with van der Waals surface area (Å²) in [7, 11) is 0. The standard InChI is InChI=1S/C11H12F3O2.BrH.Zn/c1-8(2)7-15-9-4-3-5-10(6-9)16-11(12,13)14;;/h3,5-6,8H,7H2,1-2H3;1H;/q-1;;+2/p-1. The first-order valence-electron chi connectivity index (χ1n) is 5.04. The molecule has 0 saturated carbocycles. The number of halogens is 4. The van der Waals surface area contributed by atoms with Crippen LogP contribution in [-0.4, -0.2) is 13.0 Å².